The summed E-state index contributed by atoms with van der Waals surface area (Å²) in [6, 6.07) is 6.27. The van der Waals surface area contributed by atoms with Gasteiger partial charge in [0.05, 0.1) is 4.90 Å². The standard InChI is InChI=1S/C17H24ClN3O3S/c18-14-4-2-5-15(11-14)25(23,24)21-9-7-20(8-10-21)17(22)16-6-1-3-13(16)12-19/h2,4-5,11,13,16H,1,3,6-10,12,19H2/t13-,16-/m1/s1. The first-order chi connectivity index (χ1) is 11.9. The maximum absolute atomic E-state index is 12.7. The van der Waals surface area contributed by atoms with Gasteiger partial charge in [0.25, 0.3) is 0 Å². The summed E-state index contributed by atoms with van der Waals surface area (Å²) in [7, 11) is -3.58. The van der Waals surface area contributed by atoms with Crippen molar-refractivity contribution in [3.8, 4) is 0 Å². The minimum absolute atomic E-state index is 0.00101. The van der Waals surface area contributed by atoms with E-state index in [1.165, 1.54) is 10.4 Å². The normalized spacial score (nSPS) is 25.3. The second kappa shape index (κ2) is 7.61. The van der Waals surface area contributed by atoms with Crippen molar-refractivity contribution in [3.05, 3.63) is 29.3 Å². The number of rotatable bonds is 4. The van der Waals surface area contributed by atoms with Crippen molar-refractivity contribution in [2.24, 2.45) is 17.6 Å². The van der Waals surface area contributed by atoms with Gasteiger partial charge in [0.1, 0.15) is 0 Å². The molecule has 0 bridgehead atoms. The summed E-state index contributed by atoms with van der Waals surface area (Å²) in [6.45, 7) is 2.00. The topological polar surface area (TPSA) is 83.7 Å². The summed E-state index contributed by atoms with van der Waals surface area (Å²) in [4.78, 5) is 14.7. The van der Waals surface area contributed by atoms with E-state index in [9.17, 15) is 13.2 Å². The zero-order valence-corrected chi connectivity index (χ0v) is 15.7. The molecule has 8 heteroatoms. The molecule has 1 aliphatic carbocycles. The summed E-state index contributed by atoms with van der Waals surface area (Å²) in [6.07, 6.45) is 2.94. The molecule has 25 heavy (non-hydrogen) atoms. The van der Waals surface area contributed by atoms with Gasteiger partial charge in [0, 0.05) is 37.1 Å². The summed E-state index contributed by atoms with van der Waals surface area (Å²) in [5, 5.41) is 0.393. The van der Waals surface area contributed by atoms with Crippen molar-refractivity contribution in [1.82, 2.24) is 9.21 Å². The lowest BCUT2D eigenvalue weighted by atomic mass is 9.94. The van der Waals surface area contributed by atoms with Gasteiger partial charge in [-0.2, -0.15) is 4.31 Å². The number of nitrogens with zero attached hydrogens (tertiary/aromatic N) is 2. The van der Waals surface area contributed by atoms with Gasteiger partial charge in [-0.3, -0.25) is 4.79 Å². The lowest BCUT2D eigenvalue weighted by Crippen LogP contribution is -2.52. The Bertz CT molecular complexity index is 732. The number of hydrogen-bond acceptors (Lipinski definition) is 4. The monoisotopic (exact) mass is 385 g/mol. The van der Waals surface area contributed by atoms with Crippen LogP contribution in [0.4, 0.5) is 0 Å². The van der Waals surface area contributed by atoms with Gasteiger partial charge >= 0.3 is 0 Å². The highest BCUT2D eigenvalue weighted by molar-refractivity contribution is 7.89. The van der Waals surface area contributed by atoms with E-state index < -0.39 is 10.0 Å². The molecule has 138 valence electrons. The molecule has 0 spiro atoms. The van der Waals surface area contributed by atoms with Crippen LogP contribution in [0.15, 0.2) is 29.2 Å². The first-order valence-corrected chi connectivity index (χ1v) is 10.5. The Hall–Kier alpha value is -1.15. The number of carbonyl (C=O) groups is 1. The van der Waals surface area contributed by atoms with E-state index in [0.717, 1.165) is 19.3 Å². The average molecular weight is 386 g/mol. The Labute approximate surface area is 154 Å². The molecule has 3 rings (SSSR count). The first kappa shape index (κ1) is 18.6. The van der Waals surface area contributed by atoms with Crippen LogP contribution in [0.1, 0.15) is 19.3 Å². The highest BCUT2D eigenvalue weighted by atomic mass is 35.5. The molecule has 0 radical (unpaired) electrons. The van der Waals surface area contributed by atoms with Gasteiger partial charge in [-0.05, 0) is 43.5 Å². The minimum Gasteiger partial charge on any atom is -0.340 e. The molecule has 2 atom stereocenters. The van der Waals surface area contributed by atoms with Crippen molar-refractivity contribution in [2.75, 3.05) is 32.7 Å². The molecular weight excluding hydrogens is 362 g/mol. The van der Waals surface area contributed by atoms with E-state index in [1.54, 1.807) is 23.1 Å². The SMILES string of the molecule is NC[C@H]1CCC[C@H]1C(=O)N1CCN(S(=O)(=O)c2cccc(Cl)c2)CC1. The van der Waals surface area contributed by atoms with E-state index in [0.29, 0.717) is 37.7 Å². The third-order valence-corrected chi connectivity index (χ3v) is 7.39. The lowest BCUT2D eigenvalue weighted by Gasteiger charge is -2.36. The van der Waals surface area contributed by atoms with E-state index in [2.05, 4.69) is 0 Å². The maximum atomic E-state index is 12.7. The van der Waals surface area contributed by atoms with Crippen molar-refractivity contribution in [1.29, 1.82) is 0 Å². The van der Waals surface area contributed by atoms with Gasteiger partial charge in [0.2, 0.25) is 15.9 Å². The van der Waals surface area contributed by atoms with Gasteiger partial charge < -0.3 is 10.6 Å². The molecule has 0 unspecified atom stereocenters. The van der Waals surface area contributed by atoms with Crippen LogP contribution >= 0.6 is 11.6 Å². The predicted octanol–water partition coefficient (Wildman–Crippen LogP) is 1.55. The van der Waals surface area contributed by atoms with Crippen molar-refractivity contribution in [3.63, 3.8) is 0 Å². The number of sulfonamides is 1. The second-order valence-electron chi connectivity index (χ2n) is 6.72. The summed E-state index contributed by atoms with van der Waals surface area (Å²) in [5.41, 5.74) is 5.78. The molecule has 0 aromatic heterocycles. The highest BCUT2D eigenvalue weighted by Crippen LogP contribution is 2.33. The molecule has 1 saturated carbocycles. The van der Waals surface area contributed by atoms with Crippen LogP contribution in [0.2, 0.25) is 5.02 Å². The Morgan fingerprint density at radius 2 is 1.92 bits per heavy atom. The summed E-state index contributed by atoms with van der Waals surface area (Å²) >= 11 is 5.91. The van der Waals surface area contributed by atoms with Crippen LogP contribution in [0.25, 0.3) is 0 Å². The highest BCUT2D eigenvalue weighted by Gasteiger charge is 2.37. The lowest BCUT2D eigenvalue weighted by molar-refractivity contribution is -0.137. The third kappa shape index (κ3) is 3.84. The fraction of sp³-hybridized carbons (Fsp3) is 0.588. The average Bonchev–Trinajstić information content (AvgIpc) is 3.10. The molecule has 2 N–H and O–H groups in total. The third-order valence-electron chi connectivity index (χ3n) is 5.26. The zero-order chi connectivity index (χ0) is 18.0. The van der Waals surface area contributed by atoms with Gasteiger partial charge in [-0.15, -0.1) is 0 Å². The van der Waals surface area contributed by atoms with Gasteiger partial charge in [0.15, 0.2) is 0 Å². The smallest absolute Gasteiger partial charge is 0.243 e. The number of nitrogens with two attached hydrogens (primary N) is 1. The van der Waals surface area contributed by atoms with Crippen molar-refractivity contribution in [2.45, 2.75) is 24.2 Å². The number of amides is 1. The van der Waals surface area contributed by atoms with E-state index in [-0.39, 0.29) is 22.6 Å². The molecule has 1 aliphatic heterocycles. The minimum atomic E-state index is -3.58. The fourth-order valence-electron chi connectivity index (χ4n) is 3.80. The van der Waals surface area contributed by atoms with Crippen LogP contribution in [0, 0.1) is 11.8 Å². The number of piperazine rings is 1. The predicted molar refractivity (Wildman–Crippen MR) is 96.7 cm³/mol. The fourth-order valence-corrected chi connectivity index (χ4v) is 5.53. The molecular formula is C17H24ClN3O3S. The van der Waals surface area contributed by atoms with Crippen LogP contribution in [0.3, 0.4) is 0 Å². The maximum Gasteiger partial charge on any atom is 0.243 e. The zero-order valence-electron chi connectivity index (χ0n) is 14.1. The molecule has 1 aromatic rings. The van der Waals surface area contributed by atoms with Crippen LogP contribution in [-0.4, -0.2) is 56.3 Å². The first-order valence-electron chi connectivity index (χ1n) is 8.68. The van der Waals surface area contributed by atoms with Crippen molar-refractivity contribution < 1.29 is 13.2 Å². The largest absolute Gasteiger partial charge is 0.340 e. The molecule has 1 saturated heterocycles. The Balaban J connectivity index is 1.64. The molecule has 1 aromatic carbocycles. The quantitative estimate of drug-likeness (QED) is 0.852. The Morgan fingerprint density at radius 3 is 2.56 bits per heavy atom. The Morgan fingerprint density at radius 1 is 1.20 bits per heavy atom. The molecule has 1 heterocycles. The van der Waals surface area contributed by atoms with Gasteiger partial charge in [-0.1, -0.05) is 24.1 Å². The number of carbonyl (C=O) groups excluding carboxylic acids is 1. The van der Waals surface area contributed by atoms with E-state index >= 15 is 0 Å². The van der Waals surface area contributed by atoms with Crippen LogP contribution < -0.4 is 5.73 Å². The van der Waals surface area contributed by atoms with E-state index in [4.69, 9.17) is 17.3 Å². The second-order valence-corrected chi connectivity index (χ2v) is 9.09. The number of halogens is 1. The summed E-state index contributed by atoms with van der Waals surface area (Å²) in [5.74, 6) is 0.398. The molecule has 1 amide bonds. The van der Waals surface area contributed by atoms with Gasteiger partial charge in [-0.25, -0.2) is 8.42 Å². The molecule has 6 nitrogen and oxygen atoms in total. The number of hydrogen-bond donors (Lipinski definition) is 1. The van der Waals surface area contributed by atoms with E-state index in [1.807, 2.05) is 0 Å². The van der Waals surface area contributed by atoms with Crippen LogP contribution in [-0.2, 0) is 14.8 Å². The molecule has 2 aliphatic rings. The van der Waals surface area contributed by atoms with Crippen LogP contribution in [0.5, 0.6) is 0 Å². The molecule has 2 fully saturated rings. The summed E-state index contributed by atoms with van der Waals surface area (Å²) < 4.78 is 26.9. The number of benzene rings is 1. The Kier molecular flexibility index (Phi) is 5.68. The van der Waals surface area contributed by atoms with Crippen molar-refractivity contribution >= 4 is 27.5 Å².